The number of rotatable bonds is 1. The largest absolute Gasteiger partial charge is 0.344 e. The zero-order chi connectivity index (χ0) is 15.1. The maximum atomic E-state index is 13.2. The summed E-state index contributed by atoms with van der Waals surface area (Å²) in [6.07, 6.45) is 8.65. The molecule has 0 N–H and O–H groups in total. The van der Waals surface area contributed by atoms with Gasteiger partial charge in [-0.15, -0.1) is 0 Å². The molecule has 0 saturated carbocycles. The summed E-state index contributed by atoms with van der Waals surface area (Å²) in [6, 6.07) is 15.2. The number of fused-ring (bicyclic) bond motifs is 2. The molecule has 22 heavy (non-hydrogen) atoms. The Morgan fingerprint density at radius 1 is 1.00 bits per heavy atom. The molecule has 0 saturated heterocycles. The van der Waals surface area contributed by atoms with Crippen LogP contribution in [-0.2, 0) is 0 Å². The highest BCUT2D eigenvalue weighted by Crippen LogP contribution is 2.42. The number of allylic oxidation sites excluding steroid dienone is 4. The summed E-state index contributed by atoms with van der Waals surface area (Å²) in [5, 5.41) is 0. The first-order valence-corrected chi connectivity index (χ1v) is 7.43. The number of anilines is 1. The van der Waals surface area contributed by atoms with Gasteiger partial charge in [0.25, 0.3) is 0 Å². The average Bonchev–Trinajstić information content (AvgIpc) is 2.56. The number of nitrogens with zero attached hydrogens (tertiary/aromatic N) is 1. The van der Waals surface area contributed by atoms with Gasteiger partial charge >= 0.3 is 0 Å². The van der Waals surface area contributed by atoms with Gasteiger partial charge in [0, 0.05) is 24.4 Å². The fraction of sp³-hybridized carbons (Fsp3) is 0.100. The Kier molecular flexibility index (Phi) is 2.97. The molecule has 1 heterocycles. The van der Waals surface area contributed by atoms with E-state index in [1.165, 1.54) is 34.7 Å². The van der Waals surface area contributed by atoms with E-state index in [1.807, 2.05) is 12.1 Å². The predicted octanol–water partition coefficient (Wildman–Crippen LogP) is 4.90. The zero-order valence-corrected chi connectivity index (χ0v) is 12.3. The monoisotopic (exact) mass is 289 g/mol. The standard InChI is InChI=1S/C20H16FN/c1-22-19-7-3-2-5-15(19)13-18-17(6-4-8-20(18)22)14-9-11-16(21)12-10-14/h2-13,17H,1H3. The molecule has 108 valence electrons. The van der Waals surface area contributed by atoms with Crippen LogP contribution in [0.5, 0.6) is 0 Å². The lowest BCUT2D eigenvalue weighted by atomic mass is 9.82. The molecular weight excluding hydrogens is 273 g/mol. The van der Waals surface area contributed by atoms with Crippen LogP contribution >= 0.6 is 0 Å². The van der Waals surface area contributed by atoms with Gasteiger partial charge in [-0.3, -0.25) is 0 Å². The van der Waals surface area contributed by atoms with Crippen LogP contribution in [0.3, 0.4) is 0 Å². The first kappa shape index (κ1) is 13.1. The third kappa shape index (κ3) is 2.00. The van der Waals surface area contributed by atoms with Crippen LogP contribution in [0, 0.1) is 5.82 Å². The molecule has 0 radical (unpaired) electrons. The Labute approximate surface area is 129 Å². The Morgan fingerprint density at radius 2 is 1.77 bits per heavy atom. The first-order chi connectivity index (χ1) is 10.7. The van der Waals surface area contributed by atoms with Crippen molar-refractivity contribution in [1.82, 2.24) is 0 Å². The molecule has 0 aromatic heterocycles. The number of halogens is 1. The van der Waals surface area contributed by atoms with Crippen LogP contribution in [0.1, 0.15) is 17.0 Å². The molecule has 4 rings (SSSR count). The second-order valence-corrected chi connectivity index (χ2v) is 5.68. The highest BCUT2D eigenvalue weighted by molar-refractivity contribution is 5.81. The molecule has 1 aliphatic heterocycles. The van der Waals surface area contributed by atoms with Gasteiger partial charge in [0.2, 0.25) is 0 Å². The normalized spacial score (nSPS) is 19.2. The predicted molar refractivity (Wildman–Crippen MR) is 89.2 cm³/mol. The molecule has 2 heteroatoms. The van der Waals surface area contributed by atoms with E-state index in [-0.39, 0.29) is 11.7 Å². The van der Waals surface area contributed by atoms with Crippen molar-refractivity contribution in [2.45, 2.75) is 5.92 Å². The minimum atomic E-state index is -0.195. The van der Waals surface area contributed by atoms with E-state index < -0.39 is 0 Å². The van der Waals surface area contributed by atoms with E-state index in [4.69, 9.17) is 0 Å². The number of para-hydroxylation sites is 1. The summed E-state index contributed by atoms with van der Waals surface area (Å²) < 4.78 is 13.2. The maximum Gasteiger partial charge on any atom is 0.123 e. The third-order valence-electron chi connectivity index (χ3n) is 4.39. The highest BCUT2D eigenvalue weighted by atomic mass is 19.1. The van der Waals surface area contributed by atoms with Crippen molar-refractivity contribution in [1.29, 1.82) is 0 Å². The SMILES string of the molecule is CN1C2=CC=CC(c3ccc(F)cc3)C2=Cc2ccccc21. The number of benzene rings is 2. The van der Waals surface area contributed by atoms with Crippen LogP contribution in [0.2, 0.25) is 0 Å². The van der Waals surface area contributed by atoms with Crippen molar-refractivity contribution < 1.29 is 4.39 Å². The average molecular weight is 289 g/mol. The fourth-order valence-corrected chi connectivity index (χ4v) is 3.26. The molecule has 1 nitrogen and oxygen atoms in total. The van der Waals surface area contributed by atoms with E-state index in [9.17, 15) is 4.39 Å². The van der Waals surface area contributed by atoms with E-state index in [1.54, 1.807) is 0 Å². The zero-order valence-electron chi connectivity index (χ0n) is 12.3. The van der Waals surface area contributed by atoms with Crippen LogP contribution < -0.4 is 4.90 Å². The molecule has 2 aromatic rings. The van der Waals surface area contributed by atoms with E-state index >= 15 is 0 Å². The van der Waals surface area contributed by atoms with Crippen molar-refractivity contribution >= 4 is 11.8 Å². The van der Waals surface area contributed by atoms with E-state index in [2.05, 4.69) is 60.5 Å². The second-order valence-electron chi connectivity index (χ2n) is 5.68. The molecule has 2 aromatic carbocycles. The Balaban J connectivity index is 1.85. The van der Waals surface area contributed by atoms with Crippen LogP contribution in [0.4, 0.5) is 10.1 Å². The van der Waals surface area contributed by atoms with E-state index in [0.717, 1.165) is 5.56 Å². The summed E-state index contributed by atoms with van der Waals surface area (Å²) in [5.74, 6) is -0.0317. The molecular formula is C20H16FN. The smallest absolute Gasteiger partial charge is 0.123 e. The van der Waals surface area contributed by atoms with Gasteiger partial charge in [-0.1, -0.05) is 42.5 Å². The molecule has 0 spiro atoms. The van der Waals surface area contributed by atoms with Gasteiger partial charge in [-0.25, -0.2) is 4.39 Å². The number of hydrogen-bond donors (Lipinski definition) is 0. The minimum absolute atomic E-state index is 0.163. The lowest BCUT2D eigenvalue weighted by molar-refractivity contribution is 0.627. The van der Waals surface area contributed by atoms with Crippen LogP contribution in [0.15, 0.2) is 78.0 Å². The summed E-state index contributed by atoms with van der Waals surface area (Å²) in [4.78, 5) is 2.23. The van der Waals surface area contributed by atoms with Crippen molar-refractivity contribution in [2.24, 2.45) is 0 Å². The lowest BCUT2D eigenvalue weighted by Gasteiger charge is -2.35. The van der Waals surface area contributed by atoms with E-state index in [0.29, 0.717) is 0 Å². The molecule has 1 aliphatic carbocycles. The number of hydrogen-bond acceptors (Lipinski definition) is 1. The minimum Gasteiger partial charge on any atom is -0.344 e. The van der Waals surface area contributed by atoms with Crippen molar-refractivity contribution in [3.63, 3.8) is 0 Å². The van der Waals surface area contributed by atoms with Gasteiger partial charge in [0.1, 0.15) is 5.82 Å². The lowest BCUT2D eigenvalue weighted by Crippen LogP contribution is -2.25. The first-order valence-electron chi connectivity index (χ1n) is 7.43. The molecule has 0 fully saturated rings. The molecule has 2 aliphatic rings. The summed E-state index contributed by atoms with van der Waals surface area (Å²) in [7, 11) is 2.10. The van der Waals surface area contributed by atoms with Crippen molar-refractivity contribution in [3.05, 3.63) is 95.0 Å². The second kappa shape index (κ2) is 4.99. The molecule has 0 amide bonds. The summed E-state index contributed by atoms with van der Waals surface area (Å²) in [5.41, 5.74) is 6.01. The van der Waals surface area contributed by atoms with Gasteiger partial charge in [-0.05, 0) is 47.1 Å². The van der Waals surface area contributed by atoms with Crippen LogP contribution in [-0.4, -0.2) is 7.05 Å². The topological polar surface area (TPSA) is 3.24 Å². The third-order valence-corrected chi connectivity index (χ3v) is 4.39. The quantitative estimate of drug-likeness (QED) is 0.722. The van der Waals surface area contributed by atoms with Gasteiger partial charge in [-0.2, -0.15) is 0 Å². The van der Waals surface area contributed by atoms with Crippen LogP contribution in [0.25, 0.3) is 6.08 Å². The molecule has 1 unspecified atom stereocenters. The molecule has 1 atom stereocenters. The number of likely N-dealkylation sites (N-methyl/N-ethyl adjacent to an activating group) is 1. The van der Waals surface area contributed by atoms with Gasteiger partial charge < -0.3 is 4.90 Å². The molecule has 0 bridgehead atoms. The van der Waals surface area contributed by atoms with Crippen molar-refractivity contribution in [2.75, 3.05) is 11.9 Å². The van der Waals surface area contributed by atoms with Gasteiger partial charge in [0.15, 0.2) is 0 Å². The Bertz CT molecular complexity index is 812. The maximum absolute atomic E-state index is 13.2. The highest BCUT2D eigenvalue weighted by Gasteiger charge is 2.27. The summed E-state index contributed by atoms with van der Waals surface area (Å²) in [6.45, 7) is 0. The summed E-state index contributed by atoms with van der Waals surface area (Å²) >= 11 is 0. The van der Waals surface area contributed by atoms with Gasteiger partial charge in [0.05, 0.1) is 0 Å². The Morgan fingerprint density at radius 3 is 2.59 bits per heavy atom. The van der Waals surface area contributed by atoms with Crippen molar-refractivity contribution in [3.8, 4) is 0 Å². The fourth-order valence-electron chi connectivity index (χ4n) is 3.26. The Hall–Kier alpha value is -2.61.